The van der Waals surface area contributed by atoms with Crippen LogP contribution in [-0.2, 0) is 36.5 Å². The highest BCUT2D eigenvalue weighted by atomic mass is 19.4. The molecule has 0 saturated carbocycles. The molecule has 5 rings (SSSR count). The number of carbonyl (C=O) groups is 2. The molecule has 15 heteroatoms. The van der Waals surface area contributed by atoms with Crippen LogP contribution in [0, 0.1) is 5.92 Å². The number of anilines is 1. The Morgan fingerprint density at radius 1 is 0.958 bits per heavy atom. The predicted molar refractivity (Wildman–Crippen MR) is 162 cm³/mol. The van der Waals surface area contributed by atoms with Gasteiger partial charge in [0.05, 0.1) is 11.8 Å². The molecule has 1 aliphatic carbocycles. The molecule has 3 N–H and O–H groups in total. The van der Waals surface area contributed by atoms with Gasteiger partial charge in [-0.05, 0) is 93.1 Å². The van der Waals surface area contributed by atoms with Crippen molar-refractivity contribution >= 4 is 17.7 Å². The summed E-state index contributed by atoms with van der Waals surface area (Å²) in [6, 6.07) is 11.3. The number of carboxylic acid groups (broad SMARTS) is 1. The Balaban J connectivity index is 1.31. The zero-order chi connectivity index (χ0) is 35.0. The molecule has 2 aromatic carbocycles. The highest BCUT2D eigenvalue weighted by molar-refractivity contribution is 5.93. The van der Waals surface area contributed by atoms with Crippen molar-refractivity contribution in [2.45, 2.75) is 64.5 Å². The summed E-state index contributed by atoms with van der Waals surface area (Å²) in [6.45, 7) is 4.56. The zero-order valence-corrected chi connectivity index (χ0v) is 26.0. The van der Waals surface area contributed by atoms with Gasteiger partial charge < -0.3 is 20.1 Å². The van der Waals surface area contributed by atoms with E-state index in [2.05, 4.69) is 20.3 Å². The number of aromatic nitrogens is 3. The van der Waals surface area contributed by atoms with Crippen LogP contribution >= 0.6 is 0 Å². The summed E-state index contributed by atoms with van der Waals surface area (Å²) in [5.41, 5.74) is -1.06. The quantitative estimate of drug-likeness (QED) is 0.170. The number of halogens is 6. The van der Waals surface area contributed by atoms with Gasteiger partial charge in [0.15, 0.2) is 5.82 Å². The van der Waals surface area contributed by atoms with Crippen LogP contribution in [0.2, 0.25) is 0 Å². The van der Waals surface area contributed by atoms with Crippen molar-refractivity contribution in [1.29, 1.82) is 0 Å². The minimum Gasteiger partial charge on any atom is -0.465 e. The fourth-order valence-corrected chi connectivity index (χ4v) is 5.39. The average Bonchev–Trinajstić information content (AvgIpc) is 3.50. The molecule has 254 valence electrons. The zero-order valence-electron chi connectivity index (χ0n) is 26.0. The number of hydrogen-bond donors (Lipinski definition) is 3. The minimum absolute atomic E-state index is 0.0698. The summed E-state index contributed by atoms with van der Waals surface area (Å²) in [5.74, 6) is -0.479. The molecular formula is C33H31F6N5O4. The third kappa shape index (κ3) is 8.06. The summed E-state index contributed by atoms with van der Waals surface area (Å²) in [5, 5.41) is 12.2. The van der Waals surface area contributed by atoms with Gasteiger partial charge in [-0.25, -0.2) is 9.78 Å². The summed E-state index contributed by atoms with van der Waals surface area (Å²) in [6.07, 6.45) is -7.34. The fraction of sp³-hybridized carbons (Fsp3) is 0.333. The minimum atomic E-state index is -4.73. The maximum Gasteiger partial charge on any atom is 0.432 e. The van der Waals surface area contributed by atoms with Crippen molar-refractivity contribution in [2.24, 2.45) is 5.92 Å². The fourth-order valence-electron chi connectivity index (χ4n) is 5.39. The molecule has 0 aliphatic heterocycles. The van der Waals surface area contributed by atoms with Crippen LogP contribution in [0.5, 0.6) is 11.5 Å². The van der Waals surface area contributed by atoms with Crippen LogP contribution in [0.1, 0.15) is 55.1 Å². The van der Waals surface area contributed by atoms with E-state index >= 15 is 0 Å². The number of hydrogen-bond acceptors (Lipinski definition) is 5. The van der Waals surface area contributed by atoms with Crippen LogP contribution in [0.3, 0.4) is 0 Å². The standard InChI is InChI=1S/C33H31F6N5O4/c1-31(2,3)44(30(46)47)17-18-10-22(32(34,35)36)14-23(11-18)42-29(45)20-5-4-19-6-7-24(13-21(19)12-20)48-25-8-9-40-26(15-25)28-41-16-27(43-28)33(37,38)39/h6-11,13-16,20H,4-5,12,17H2,1-3H3,(H,41,43)(H,42,45)(H,46,47). The molecule has 1 atom stereocenters. The first-order valence-corrected chi connectivity index (χ1v) is 14.8. The summed E-state index contributed by atoms with van der Waals surface area (Å²) in [4.78, 5) is 36.2. The van der Waals surface area contributed by atoms with E-state index in [-0.39, 0.29) is 41.5 Å². The highest BCUT2D eigenvalue weighted by Gasteiger charge is 2.34. The Morgan fingerprint density at radius 3 is 2.33 bits per heavy atom. The van der Waals surface area contributed by atoms with E-state index in [9.17, 15) is 41.0 Å². The Labute approximate surface area is 271 Å². The lowest BCUT2D eigenvalue weighted by Gasteiger charge is -2.33. The van der Waals surface area contributed by atoms with E-state index in [1.165, 1.54) is 24.4 Å². The topological polar surface area (TPSA) is 120 Å². The second-order valence-corrected chi connectivity index (χ2v) is 12.4. The molecule has 0 radical (unpaired) electrons. The molecule has 0 saturated heterocycles. The number of pyridine rings is 1. The van der Waals surface area contributed by atoms with Crippen LogP contribution in [0.15, 0.2) is 60.9 Å². The van der Waals surface area contributed by atoms with Gasteiger partial charge in [-0.3, -0.25) is 14.7 Å². The molecule has 4 aromatic rings. The third-order valence-corrected chi connectivity index (χ3v) is 7.84. The first-order valence-electron chi connectivity index (χ1n) is 14.8. The van der Waals surface area contributed by atoms with Crippen LogP contribution < -0.4 is 10.1 Å². The maximum atomic E-state index is 13.8. The second-order valence-electron chi connectivity index (χ2n) is 12.4. The summed E-state index contributed by atoms with van der Waals surface area (Å²) < 4.78 is 86.2. The molecule has 0 fully saturated rings. The van der Waals surface area contributed by atoms with E-state index in [0.717, 1.165) is 28.2 Å². The first-order chi connectivity index (χ1) is 22.4. The molecule has 2 aromatic heterocycles. The normalized spacial score (nSPS) is 15.1. The molecule has 2 heterocycles. The van der Waals surface area contributed by atoms with E-state index in [4.69, 9.17) is 4.74 Å². The number of ether oxygens (including phenoxy) is 1. The van der Waals surface area contributed by atoms with Gasteiger partial charge in [0, 0.05) is 36.0 Å². The smallest absolute Gasteiger partial charge is 0.432 e. The number of carbonyl (C=O) groups excluding carboxylic acids is 1. The van der Waals surface area contributed by atoms with E-state index in [1.807, 2.05) is 6.07 Å². The number of aryl methyl sites for hydroxylation is 1. The first kappa shape index (κ1) is 34.3. The Hall–Kier alpha value is -5.08. The third-order valence-electron chi connectivity index (χ3n) is 7.84. The molecule has 9 nitrogen and oxygen atoms in total. The number of imidazole rings is 1. The number of amides is 2. The number of aromatic amines is 1. The average molecular weight is 676 g/mol. The van der Waals surface area contributed by atoms with Crippen LogP contribution in [0.4, 0.5) is 36.8 Å². The number of nitrogens with one attached hydrogen (secondary N) is 2. The van der Waals surface area contributed by atoms with Gasteiger partial charge in [0.2, 0.25) is 5.91 Å². The molecule has 1 unspecified atom stereocenters. The van der Waals surface area contributed by atoms with Crippen molar-refractivity contribution in [1.82, 2.24) is 19.9 Å². The van der Waals surface area contributed by atoms with Crippen molar-refractivity contribution in [2.75, 3.05) is 5.32 Å². The SMILES string of the molecule is CC(C)(C)N(Cc1cc(NC(=O)C2CCc3ccc(Oc4ccnc(-c5ncc(C(F)(F)F)[nH]5)c4)cc3C2)cc(C(F)(F)F)c1)C(=O)O. The molecule has 1 aliphatic rings. The second kappa shape index (κ2) is 12.8. The van der Waals surface area contributed by atoms with Gasteiger partial charge >= 0.3 is 18.4 Å². The predicted octanol–water partition coefficient (Wildman–Crippen LogP) is 8.32. The molecule has 48 heavy (non-hydrogen) atoms. The lowest BCUT2D eigenvalue weighted by Crippen LogP contribution is -2.44. The molecular weight excluding hydrogens is 644 g/mol. The number of H-pyrrole nitrogens is 1. The summed E-state index contributed by atoms with van der Waals surface area (Å²) >= 11 is 0. The maximum absolute atomic E-state index is 13.8. The van der Waals surface area contributed by atoms with Crippen molar-refractivity contribution < 1.29 is 45.8 Å². The monoisotopic (exact) mass is 675 g/mol. The Morgan fingerprint density at radius 2 is 1.69 bits per heavy atom. The number of benzene rings is 2. The van der Waals surface area contributed by atoms with E-state index < -0.39 is 47.1 Å². The largest absolute Gasteiger partial charge is 0.465 e. The van der Waals surface area contributed by atoms with E-state index in [0.29, 0.717) is 24.8 Å². The number of alkyl halides is 6. The van der Waals surface area contributed by atoms with Crippen molar-refractivity contribution in [3.05, 3.63) is 88.9 Å². The Bertz CT molecular complexity index is 1830. The van der Waals surface area contributed by atoms with Gasteiger partial charge in [-0.2, -0.15) is 26.3 Å². The van der Waals surface area contributed by atoms with Crippen LogP contribution in [0.25, 0.3) is 11.5 Å². The number of nitrogens with zero attached hydrogens (tertiary/aromatic N) is 3. The highest BCUT2D eigenvalue weighted by Crippen LogP contribution is 2.35. The van der Waals surface area contributed by atoms with E-state index in [1.54, 1.807) is 32.9 Å². The van der Waals surface area contributed by atoms with Gasteiger partial charge in [0.1, 0.15) is 22.9 Å². The van der Waals surface area contributed by atoms with Gasteiger partial charge in [0.25, 0.3) is 0 Å². The molecule has 2 amide bonds. The van der Waals surface area contributed by atoms with Gasteiger partial charge in [-0.1, -0.05) is 6.07 Å². The van der Waals surface area contributed by atoms with Crippen molar-refractivity contribution in [3.63, 3.8) is 0 Å². The Kier molecular flexibility index (Phi) is 9.17. The molecule has 0 bridgehead atoms. The molecule has 0 spiro atoms. The van der Waals surface area contributed by atoms with Crippen LogP contribution in [-0.4, -0.2) is 42.5 Å². The summed E-state index contributed by atoms with van der Waals surface area (Å²) in [7, 11) is 0. The van der Waals surface area contributed by atoms with Crippen molar-refractivity contribution in [3.8, 4) is 23.0 Å². The number of rotatable bonds is 7. The number of fused-ring (bicyclic) bond motifs is 1. The lowest BCUT2D eigenvalue weighted by atomic mass is 9.83. The van der Waals surface area contributed by atoms with Gasteiger partial charge in [-0.15, -0.1) is 0 Å². The lowest BCUT2D eigenvalue weighted by molar-refractivity contribution is -0.141.